The van der Waals surface area contributed by atoms with Crippen molar-refractivity contribution in [2.75, 3.05) is 0 Å². The van der Waals surface area contributed by atoms with Crippen LogP contribution >= 0.6 is 0 Å². The Labute approximate surface area is 181 Å². The molecule has 3 aromatic rings. The zero-order valence-electron chi connectivity index (χ0n) is 16.0. The summed E-state index contributed by atoms with van der Waals surface area (Å²) < 4.78 is 67.8. The third-order valence-electron chi connectivity index (χ3n) is 4.76. The van der Waals surface area contributed by atoms with Crippen LogP contribution in [0.3, 0.4) is 0 Å². The molecule has 5 heterocycles. The summed E-state index contributed by atoms with van der Waals surface area (Å²) in [6, 6.07) is 13.2. The molecule has 0 aliphatic carbocycles. The number of aromatic nitrogens is 4. The van der Waals surface area contributed by atoms with Gasteiger partial charge in [-0.2, -0.15) is 16.8 Å². The Bertz CT molecular complexity index is 1730. The van der Waals surface area contributed by atoms with E-state index in [-0.39, 0.29) is 17.1 Å². The first-order valence-corrected chi connectivity index (χ1v) is 12.0. The summed E-state index contributed by atoms with van der Waals surface area (Å²) in [5, 5.41) is 0. The minimum Gasteiger partial charge on any atom is -0.355 e. The van der Waals surface area contributed by atoms with Crippen LogP contribution < -0.4 is 0 Å². The molecule has 2 aliphatic rings. The summed E-state index contributed by atoms with van der Waals surface area (Å²) in [7, 11) is -10.1. The highest BCUT2D eigenvalue weighted by molar-refractivity contribution is 8.01. The molecule has 0 unspecified atom stereocenters. The Morgan fingerprint density at radius 1 is 0.594 bits per heavy atom. The topological polar surface area (TPSA) is 166 Å². The average Bonchev–Trinajstić information content (AvgIpc) is 3.43. The Balaban J connectivity index is 1.96. The summed E-state index contributed by atoms with van der Waals surface area (Å²) in [5.41, 5.74) is 2.76. The highest BCUT2D eigenvalue weighted by Crippen LogP contribution is 2.37. The zero-order valence-corrected chi connectivity index (χ0v) is 17.6. The molecule has 2 aliphatic heterocycles. The van der Waals surface area contributed by atoms with Gasteiger partial charge in [0.2, 0.25) is 0 Å². The molecule has 8 bridgehead atoms. The number of rotatable bonds is 2. The Kier molecular flexibility index (Phi) is 4.43. The molecule has 3 aromatic heterocycles. The smallest absolute Gasteiger partial charge is 0.298 e. The summed E-state index contributed by atoms with van der Waals surface area (Å²) in [6.45, 7) is 0. The maximum absolute atomic E-state index is 12.1. The molecule has 0 radical (unpaired) electrons. The lowest BCUT2D eigenvalue weighted by atomic mass is 10.3. The van der Waals surface area contributed by atoms with E-state index in [9.17, 15) is 25.9 Å². The van der Waals surface area contributed by atoms with Crippen molar-refractivity contribution < 1.29 is 25.9 Å². The van der Waals surface area contributed by atoms with E-state index in [1.165, 1.54) is 12.1 Å². The van der Waals surface area contributed by atoms with Gasteiger partial charge in [-0.15, -0.1) is 0 Å². The number of nitrogens with zero attached hydrogens (tertiary/aromatic N) is 2. The number of nitrogens with one attached hydrogen (secondary N) is 2. The third-order valence-corrected chi connectivity index (χ3v) is 6.75. The van der Waals surface area contributed by atoms with Crippen molar-refractivity contribution in [1.29, 1.82) is 0 Å². The van der Waals surface area contributed by atoms with Gasteiger partial charge in [-0.3, -0.25) is 9.11 Å². The molecule has 0 atom stereocenters. The monoisotopic (exact) mass is 470 g/mol. The SMILES string of the molecule is O=S(=O)(O)C1=C(S(=O)(=O)O)c2cc3ccc(cc4ccc(cc5nc(cc1n2)C=C5)[nH]4)[nH]3. The predicted molar refractivity (Wildman–Crippen MR) is 120 cm³/mol. The number of hydrogen-bond donors (Lipinski definition) is 4. The quantitative estimate of drug-likeness (QED) is 0.324. The molecule has 0 spiro atoms. The Morgan fingerprint density at radius 3 is 1.56 bits per heavy atom. The van der Waals surface area contributed by atoms with Crippen LogP contribution in [-0.2, 0) is 20.2 Å². The molecule has 162 valence electrons. The average molecular weight is 470 g/mol. The van der Waals surface area contributed by atoms with E-state index < -0.39 is 30.0 Å². The lowest BCUT2D eigenvalue weighted by Crippen LogP contribution is -2.07. The lowest BCUT2D eigenvalue weighted by molar-refractivity contribution is 0.491. The third kappa shape index (κ3) is 3.76. The number of H-pyrrole nitrogens is 2. The largest absolute Gasteiger partial charge is 0.355 e. The van der Waals surface area contributed by atoms with Crippen LogP contribution in [0.5, 0.6) is 0 Å². The fraction of sp³-hybridized carbons (Fsp3) is 0. The molecule has 12 heteroatoms. The molecular weight excluding hydrogens is 456 g/mol. The van der Waals surface area contributed by atoms with E-state index in [0.717, 1.165) is 11.0 Å². The first-order valence-electron chi connectivity index (χ1n) is 9.13. The molecule has 5 rings (SSSR count). The fourth-order valence-electron chi connectivity index (χ4n) is 3.52. The van der Waals surface area contributed by atoms with E-state index in [0.29, 0.717) is 16.7 Å². The molecule has 0 amide bonds. The van der Waals surface area contributed by atoms with Crippen molar-refractivity contribution >= 4 is 64.3 Å². The lowest BCUT2D eigenvalue weighted by Gasteiger charge is -2.02. The number of aromatic amines is 2. The summed E-state index contributed by atoms with van der Waals surface area (Å²) in [4.78, 5) is 12.7. The van der Waals surface area contributed by atoms with Gasteiger partial charge in [0.1, 0.15) is 9.81 Å². The first-order chi connectivity index (χ1) is 15.1. The van der Waals surface area contributed by atoms with Gasteiger partial charge in [0.25, 0.3) is 20.2 Å². The molecule has 0 saturated carbocycles. The van der Waals surface area contributed by atoms with Gasteiger partial charge in [0, 0.05) is 22.1 Å². The standard InChI is InChI=1S/C20H14N4O6S2/c25-31(26,27)19-17-9-15-5-3-13(22-15)7-11-1-2-12(21-11)8-14-4-6-16(23-14)10-18(24-17)20(19)32(28,29)30/h1-10,21-22H,(H,25,26,27)(H,28,29,30). The van der Waals surface area contributed by atoms with Gasteiger partial charge in [-0.25, -0.2) is 9.97 Å². The fourth-order valence-corrected chi connectivity index (χ4v) is 5.57. The van der Waals surface area contributed by atoms with Crippen molar-refractivity contribution in [3.8, 4) is 0 Å². The zero-order chi connectivity index (χ0) is 22.7. The normalized spacial score (nSPS) is 14.2. The van der Waals surface area contributed by atoms with Crippen LogP contribution in [0.4, 0.5) is 0 Å². The number of hydrogen-bond acceptors (Lipinski definition) is 6. The Hall–Kier alpha value is -3.58. The van der Waals surface area contributed by atoms with E-state index in [1.807, 2.05) is 18.2 Å². The first kappa shape index (κ1) is 20.3. The van der Waals surface area contributed by atoms with Gasteiger partial charge in [-0.1, -0.05) is 0 Å². The maximum atomic E-state index is 12.1. The second-order valence-electron chi connectivity index (χ2n) is 7.10. The van der Waals surface area contributed by atoms with Crippen molar-refractivity contribution in [3.63, 3.8) is 0 Å². The van der Waals surface area contributed by atoms with Crippen LogP contribution in [0.2, 0.25) is 0 Å². The van der Waals surface area contributed by atoms with E-state index in [1.54, 1.807) is 30.4 Å². The van der Waals surface area contributed by atoms with Crippen molar-refractivity contribution in [2.24, 2.45) is 0 Å². The van der Waals surface area contributed by atoms with E-state index in [2.05, 4.69) is 19.9 Å². The minimum absolute atomic E-state index is 0.277. The molecule has 0 aromatic carbocycles. The van der Waals surface area contributed by atoms with Crippen LogP contribution in [-0.4, -0.2) is 45.9 Å². The molecular formula is C20H14N4O6S2. The van der Waals surface area contributed by atoms with Crippen molar-refractivity contribution in [1.82, 2.24) is 19.9 Å². The van der Waals surface area contributed by atoms with Crippen molar-refractivity contribution in [2.45, 2.75) is 0 Å². The van der Waals surface area contributed by atoms with Crippen LogP contribution in [0.15, 0.2) is 48.5 Å². The molecule has 4 N–H and O–H groups in total. The van der Waals surface area contributed by atoms with Crippen LogP contribution in [0.25, 0.3) is 44.0 Å². The second-order valence-corrected chi connectivity index (χ2v) is 9.82. The van der Waals surface area contributed by atoms with Gasteiger partial charge in [0.15, 0.2) is 0 Å². The highest BCUT2D eigenvalue weighted by atomic mass is 32.2. The summed E-state index contributed by atoms with van der Waals surface area (Å²) >= 11 is 0. The van der Waals surface area contributed by atoms with Gasteiger partial charge in [0.05, 0.1) is 22.8 Å². The maximum Gasteiger partial charge on any atom is 0.298 e. The molecule has 32 heavy (non-hydrogen) atoms. The van der Waals surface area contributed by atoms with E-state index in [4.69, 9.17) is 0 Å². The molecule has 0 fully saturated rings. The minimum atomic E-state index is -5.07. The van der Waals surface area contributed by atoms with Crippen LogP contribution in [0, 0.1) is 0 Å². The van der Waals surface area contributed by atoms with Gasteiger partial charge < -0.3 is 9.97 Å². The summed E-state index contributed by atoms with van der Waals surface area (Å²) in [6.07, 6.45) is 3.26. The summed E-state index contributed by atoms with van der Waals surface area (Å²) in [5.74, 6) is 0. The molecule has 0 saturated heterocycles. The molecule has 10 nitrogen and oxygen atoms in total. The second kappa shape index (κ2) is 6.97. The predicted octanol–water partition coefficient (Wildman–Crippen LogP) is 3.09. The van der Waals surface area contributed by atoms with Gasteiger partial charge in [-0.05, 0) is 60.7 Å². The Morgan fingerprint density at radius 2 is 1.03 bits per heavy atom. The van der Waals surface area contributed by atoms with Gasteiger partial charge >= 0.3 is 0 Å². The highest BCUT2D eigenvalue weighted by Gasteiger charge is 2.36. The number of fused-ring (bicyclic) bond motifs is 8. The van der Waals surface area contributed by atoms with Crippen LogP contribution in [0.1, 0.15) is 22.8 Å². The van der Waals surface area contributed by atoms with E-state index >= 15 is 0 Å². The van der Waals surface area contributed by atoms with Crippen molar-refractivity contribution in [3.05, 3.63) is 71.3 Å².